The number of benzene rings is 1. The zero-order chi connectivity index (χ0) is 11.4. The molecular formula is C11H14N4S. The van der Waals surface area contributed by atoms with Crippen LogP contribution in [-0.2, 0) is 13.6 Å². The number of thioether (sulfide) groups is 1. The number of rotatable bonds is 4. The number of hydrogen-bond donors (Lipinski definition) is 1. The van der Waals surface area contributed by atoms with Gasteiger partial charge in [-0.3, -0.25) is 4.68 Å². The molecule has 84 valence electrons. The predicted molar refractivity (Wildman–Crippen MR) is 66.6 cm³/mol. The van der Waals surface area contributed by atoms with Crippen LogP contribution in [0.2, 0.25) is 0 Å². The summed E-state index contributed by atoms with van der Waals surface area (Å²) in [4.78, 5) is 5.41. The summed E-state index contributed by atoms with van der Waals surface area (Å²) in [6.45, 7) is 0.689. The van der Waals surface area contributed by atoms with Crippen molar-refractivity contribution in [2.75, 3.05) is 11.6 Å². The third-order valence-electron chi connectivity index (χ3n) is 2.33. The van der Waals surface area contributed by atoms with Gasteiger partial charge in [0, 0.05) is 17.6 Å². The SMILES string of the molecule is CSc1cccc(NCc2ncnn2C)c1. The molecule has 0 aliphatic heterocycles. The molecular weight excluding hydrogens is 220 g/mol. The van der Waals surface area contributed by atoms with Crippen LogP contribution in [0.15, 0.2) is 35.5 Å². The Hall–Kier alpha value is -1.49. The van der Waals surface area contributed by atoms with Crippen molar-refractivity contribution >= 4 is 17.4 Å². The van der Waals surface area contributed by atoms with Gasteiger partial charge in [0.2, 0.25) is 0 Å². The van der Waals surface area contributed by atoms with E-state index in [-0.39, 0.29) is 0 Å². The van der Waals surface area contributed by atoms with Gasteiger partial charge in [0.25, 0.3) is 0 Å². The molecule has 0 spiro atoms. The van der Waals surface area contributed by atoms with E-state index < -0.39 is 0 Å². The zero-order valence-electron chi connectivity index (χ0n) is 9.34. The molecule has 0 fully saturated rings. The van der Waals surface area contributed by atoms with Gasteiger partial charge in [0.05, 0.1) is 6.54 Å². The molecule has 1 aromatic heterocycles. The first-order chi connectivity index (χ1) is 7.79. The fraction of sp³-hybridized carbons (Fsp3) is 0.273. The minimum atomic E-state index is 0.689. The number of anilines is 1. The summed E-state index contributed by atoms with van der Waals surface area (Å²) in [5.74, 6) is 0.926. The maximum Gasteiger partial charge on any atom is 0.145 e. The van der Waals surface area contributed by atoms with Gasteiger partial charge in [-0.15, -0.1) is 11.8 Å². The van der Waals surface area contributed by atoms with Crippen molar-refractivity contribution in [1.82, 2.24) is 14.8 Å². The van der Waals surface area contributed by atoms with E-state index in [9.17, 15) is 0 Å². The highest BCUT2D eigenvalue weighted by atomic mass is 32.2. The Morgan fingerprint density at radius 3 is 3.00 bits per heavy atom. The van der Waals surface area contributed by atoms with E-state index in [0.717, 1.165) is 11.5 Å². The van der Waals surface area contributed by atoms with E-state index >= 15 is 0 Å². The van der Waals surface area contributed by atoms with E-state index in [1.807, 2.05) is 13.1 Å². The zero-order valence-corrected chi connectivity index (χ0v) is 10.2. The summed E-state index contributed by atoms with van der Waals surface area (Å²) >= 11 is 1.74. The molecule has 4 nitrogen and oxygen atoms in total. The van der Waals surface area contributed by atoms with Crippen molar-refractivity contribution in [3.63, 3.8) is 0 Å². The smallest absolute Gasteiger partial charge is 0.145 e. The lowest BCUT2D eigenvalue weighted by atomic mass is 10.3. The summed E-state index contributed by atoms with van der Waals surface area (Å²) in [6.07, 6.45) is 3.64. The maximum absolute atomic E-state index is 4.16. The Morgan fingerprint density at radius 1 is 1.44 bits per heavy atom. The van der Waals surface area contributed by atoms with Crippen LogP contribution >= 0.6 is 11.8 Å². The van der Waals surface area contributed by atoms with Crippen molar-refractivity contribution < 1.29 is 0 Å². The molecule has 0 radical (unpaired) electrons. The van der Waals surface area contributed by atoms with Crippen LogP contribution in [-0.4, -0.2) is 21.0 Å². The van der Waals surface area contributed by atoms with Gasteiger partial charge < -0.3 is 5.32 Å². The number of nitrogens with one attached hydrogen (secondary N) is 1. The summed E-state index contributed by atoms with van der Waals surface area (Å²) < 4.78 is 1.77. The van der Waals surface area contributed by atoms with E-state index in [4.69, 9.17) is 0 Å². The van der Waals surface area contributed by atoms with Crippen LogP contribution in [0, 0.1) is 0 Å². The van der Waals surface area contributed by atoms with Crippen LogP contribution in [0.4, 0.5) is 5.69 Å². The molecule has 2 aromatic rings. The molecule has 0 aliphatic rings. The van der Waals surface area contributed by atoms with E-state index in [1.165, 1.54) is 4.90 Å². The van der Waals surface area contributed by atoms with Crippen molar-refractivity contribution in [3.8, 4) is 0 Å². The average molecular weight is 234 g/mol. The molecule has 1 N–H and O–H groups in total. The lowest BCUT2D eigenvalue weighted by Gasteiger charge is -2.06. The first-order valence-electron chi connectivity index (χ1n) is 5.00. The van der Waals surface area contributed by atoms with Gasteiger partial charge in [-0.05, 0) is 24.5 Å². The summed E-state index contributed by atoms with van der Waals surface area (Å²) in [5.41, 5.74) is 1.11. The highest BCUT2D eigenvalue weighted by Crippen LogP contribution is 2.19. The molecule has 2 rings (SSSR count). The monoisotopic (exact) mass is 234 g/mol. The normalized spacial score (nSPS) is 10.4. The first-order valence-corrected chi connectivity index (χ1v) is 6.23. The second-order valence-electron chi connectivity index (χ2n) is 3.39. The third-order valence-corrected chi connectivity index (χ3v) is 3.05. The lowest BCUT2D eigenvalue weighted by Crippen LogP contribution is -2.06. The van der Waals surface area contributed by atoms with Crippen LogP contribution < -0.4 is 5.32 Å². The van der Waals surface area contributed by atoms with Crippen LogP contribution in [0.25, 0.3) is 0 Å². The highest BCUT2D eigenvalue weighted by Gasteiger charge is 2.00. The molecule has 0 saturated carbocycles. The Kier molecular flexibility index (Phi) is 3.46. The van der Waals surface area contributed by atoms with Crippen LogP contribution in [0.1, 0.15) is 5.82 Å². The Bertz CT molecular complexity index is 467. The molecule has 1 aromatic carbocycles. The second-order valence-corrected chi connectivity index (χ2v) is 4.27. The van der Waals surface area contributed by atoms with Gasteiger partial charge in [0.15, 0.2) is 0 Å². The Balaban J connectivity index is 2.02. The summed E-state index contributed by atoms with van der Waals surface area (Å²) in [5, 5.41) is 7.35. The Morgan fingerprint density at radius 2 is 2.31 bits per heavy atom. The van der Waals surface area contributed by atoms with Gasteiger partial charge in [-0.2, -0.15) is 5.10 Å². The average Bonchev–Trinajstić information content (AvgIpc) is 2.72. The molecule has 1 heterocycles. The number of nitrogens with zero attached hydrogens (tertiary/aromatic N) is 3. The summed E-state index contributed by atoms with van der Waals surface area (Å²) in [7, 11) is 1.89. The van der Waals surface area contributed by atoms with Gasteiger partial charge >= 0.3 is 0 Å². The molecule has 0 bridgehead atoms. The van der Waals surface area contributed by atoms with Crippen LogP contribution in [0.3, 0.4) is 0 Å². The summed E-state index contributed by atoms with van der Waals surface area (Å²) in [6, 6.07) is 8.32. The molecule has 0 amide bonds. The molecule has 0 saturated heterocycles. The van der Waals surface area contributed by atoms with Crippen molar-refractivity contribution in [1.29, 1.82) is 0 Å². The van der Waals surface area contributed by atoms with E-state index in [2.05, 4.69) is 39.9 Å². The fourth-order valence-electron chi connectivity index (χ4n) is 1.39. The molecule has 0 unspecified atom stereocenters. The molecule has 16 heavy (non-hydrogen) atoms. The fourth-order valence-corrected chi connectivity index (χ4v) is 1.85. The predicted octanol–water partition coefficient (Wildman–Crippen LogP) is 2.15. The topological polar surface area (TPSA) is 42.7 Å². The number of aryl methyl sites for hydroxylation is 1. The second kappa shape index (κ2) is 5.03. The van der Waals surface area contributed by atoms with Crippen LogP contribution in [0.5, 0.6) is 0 Å². The number of hydrogen-bond acceptors (Lipinski definition) is 4. The first kappa shape index (κ1) is 11.0. The van der Waals surface area contributed by atoms with Crippen molar-refractivity contribution in [2.45, 2.75) is 11.4 Å². The van der Waals surface area contributed by atoms with Crippen molar-refractivity contribution in [3.05, 3.63) is 36.4 Å². The van der Waals surface area contributed by atoms with Gasteiger partial charge in [-0.1, -0.05) is 6.07 Å². The van der Waals surface area contributed by atoms with E-state index in [1.54, 1.807) is 22.8 Å². The van der Waals surface area contributed by atoms with Gasteiger partial charge in [-0.25, -0.2) is 4.98 Å². The van der Waals surface area contributed by atoms with E-state index in [0.29, 0.717) is 6.54 Å². The third kappa shape index (κ3) is 2.55. The lowest BCUT2D eigenvalue weighted by molar-refractivity contribution is 0.712. The molecule has 5 heteroatoms. The van der Waals surface area contributed by atoms with Crippen molar-refractivity contribution in [2.24, 2.45) is 7.05 Å². The number of aromatic nitrogens is 3. The highest BCUT2D eigenvalue weighted by molar-refractivity contribution is 7.98. The van der Waals surface area contributed by atoms with Gasteiger partial charge in [0.1, 0.15) is 12.2 Å². The molecule has 0 aliphatic carbocycles. The standard InChI is InChI=1S/C11H14N4S/c1-15-11(13-8-14-15)7-12-9-4-3-5-10(6-9)16-2/h3-6,8,12H,7H2,1-2H3. The maximum atomic E-state index is 4.16. The Labute approximate surface area is 99.1 Å². The quantitative estimate of drug-likeness (QED) is 0.823. The minimum absolute atomic E-state index is 0.689. The minimum Gasteiger partial charge on any atom is -0.378 e. The molecule has 0 atom stereocenters. The largest absolute Gasteiger partial charge is 0.378 e.